The molecule has 0 bridgehead atoms. The van der Waals surface area contributed by atoms with Crippen LogP contribution in [0.3, 0.4) is 0 Å². The van der Waals surface area contributed by atoms with E-state index in [0.717, 1.165) is 35.0 Å². The summed E-state index contributed by atoms with van der Waals surface area (Å²) in [6.45, 7) is 4.86. The van der Waals surface area contributed by atoms with Gasteiger partial charge < -0.3 is 73.1 Å². The Bertz CT molecular complexity index is 3050. The number of fused-ring (bicyclic) bond motifs is 2. The third kappa shape index (κ3) is 21.4. The molecule has 9 amide bonds. The standard InChI is InChI=1S/C62H87N15O11/c1-6-43-57(83)75-49(33-40-19-10-9-11-20-40)59(85)74-48(58(84)73-47(24-18-31-67-62(63)64-3)56(82)68-36-53(79)72-43)23-14-16-29-65-52(78)28-25-39(2)55(81)66-30-15-7-8-17-32-77-37-42-34-41(26-27-44(42)69-50(61(77)87)35-54(80)88-5)60(86)76(4)38-51-70-45-21-12-13-22-46(45)71-51/h9-13,19-22,26-27,34,39,43,47-50,69H,6-8,14-18,23-25,28-33,35-38H2,1-5H3,(H,65,78)(H,66,81)(H,68,82)(H,70,71)(H,72,79)(H,73,84)(H,74,85)(H,75,83)(H3,63,64,67)/t39-,43+,47+,48+,49-,50+/m1/s1. The van der Waals surface area contributed by atoms with Gasteiger partial charge in [-0.3, -0.25) is 52.9 Å². The molecule has 0 unspecified atom stereocenters. The number of unbranched alkanes of at least 4 members (excludes halogenated alkanes) is 4. The largest absolute Gasteiger partial charge is 0.469 e. The van der Waals surface area contributed by atoms with Crippen molar-refractivity contribution >= 4 is 81.8 Å². The van der Waals surface area contributed by atoms with Crippen molar-refractivity contribution in [2.45, 2.75) is 147 Å². The molecule has 476 valence electrons. The number of amides is 9. The number of imidazole rings is 1. The Balaban J connectivity index is 0.942. The van der Waals surface area contributed by atoms with Gasteiger partial charge in [0.1, 0.15) is 36.0 Å². The van der Waals surface area contributed by atoms with Crippen molar-refractivity contribution < 1.29 is 52.7 Å². The van der Waals surface area contributed by atoms with Crippen LogP contribution in [0.2, 0.25) is 0 Å². The maximum Gasteiger partial charge on any atom is 0.308 e. The molecule has 26 nitrogen and oxygen atoms in total. The van der Waals surface area contributed by atoms with Gasteiger partial charge >= 0.3 is 5.97 Å². The van der Waals surface area contributed by atoms with E-state index >= 15 is 0 Å². The van der Waals surface area contributed by atoms with Crippen LogP contribution in [-0.4, -0.2) is 169 Å². The molecule has 1 saturated heterocycles. The second-order valence-electron chi connectivity index (χ2n) is 22.3. The lowest BCUT2D eigenvalue weighted by Crippen LogP contribution is -2.58. The number of H-pyrrole nitrogens is 1. The van der Waals surface area contributed by atoms with E-state index in [9.17, 15) is 47.9 Å². The number of aliphatic imine (C=N–C) groups is 1. The van der Waals surface area contributed by atoms with Gasteiger partial charge in [0.2, 0.25) is 47.3 Å². The fraction of sp³-hybridized carbons (Fsp3) is 0.516. The van der Waals surface area contributed by atoms with Crippen LogP contribution in [0.4, 0.5) is 5.69 Å². The van der Waals surface area contributed by atoms with Crippen molar-refractivity contribution in [2.24, 2.45) is 16.6 Å². The van der Waals surface area contributed by atoms with Gasteiger partial charge in [0.25, 0.3) is 5.91 Å². The summed E-state index contributed by atoms with van der Waals surface area (Å²) < 4.78 is 4.90. The SMILES string of the molecule is CC[C@@H]1NC(=O)CNC(=O)[C@H](CCCNC(N)=NC)NC(=O)[C@H](CCCCNC(=O)CC[C@@H](C)C(=O)NCCCCCCN2Cc3cc(C(=O)N(C)Cc4nc5ccccc5[nH]4)ccc3N[C@@H](CC(=O)OC)C2=O)NC(=O)[C@@H](Cc2ccccc2)NC1=O. The zero-order valence-electron chi connectivity index (χ0n) is 51.1. The summed E-state index contributed by atoms with van der Waals surface area (Å²) in [6.07, 6.45) is 4.72. The third-order valence-electron chi connectivity index (χ3n) is 15.5. The van der Waals surface area contributed by atoms with E-state index in [4.69, 9.17) is 10.5 Å². The minimum Gasteiger partial charge on any atom is -0.469 e. The summed E-state index contributed by atoms with van der Waals surface area (Å²) in [5.41, 5.74) is 10.0. The zero-order chi connectivity index (χ0) is 63.5. The predicted octanol–water partition coefficient (Wildman–Crippen LogP) is 1.94. The average molecular weight is 1220 g/mol. The van der Waals surface area contributed by atoms with Gasteiger partial charge in [-0.25, -0.2) is 4.98 Å². The first-order chi connectivity index (χ1) is 42.3. The number of aromatic amines is 1. The molecular weight excluding hydrogens is 1130 g/mol. The number of methoxy groups -OCH3 is 1. The highest BCUT2D eigenvalue weighted by molar-refractivity contribution is 5.98. The summed E-state index contributed by atoms with van der Waals surface area (Å²) in [6, 6.07) is 16.6. The fourth-order valence-corrected chi connectivity index (χ4v) is 10.3. The number of guanidine groups is 1. The summed E-state index contributed by atoms with van der Waals surface area (Å²) >= 11 is 0. The molecule has 0 radical (unpaired) electrons. The van der Waals surface area contributed by atoms with Gasteiger partial charge in [0.15, 0.2) is 5.96 Å². The molecule has 26 heteroatoms. The molecule has 0 saturated carbocycles. The number of nitrogens with two attached hydrogens (primary N) is 1. The number of anilines is 1. The van der Waals surface area contributed by atoms with Crippen LogP contribution in [-0.2, 0) is 67.4 Å². The van der Waals surface area contributed by atoms with E-state index in [-0.39, 0.29) is 87.7 Å². The molecule has 4 aromatic rings. The Morgan fingerprint density at radius 2 is 1.41 bits per heavy atom. The zero-order valence-corrected chi connectivity index (χ0v) is 51.1. The number of nitrogens with one attached hydrogen (secondary N) is 10. The minimum atomic E-state index is -1.16. The predicted molar refractivity (Wildman–Crippen MR) is 330 cm³/mol. The van der Waals surface area contributed by atoms with E-state index in [1.54, 1.807) is 73.2 Å². The fourth-order valence-electron chi connectivity index (χ4n) is 10.3. The quantitative estimate of drug-likeness (QED) is 0.0168. The average Bonchev–Trinajstić information content (AvgIpc) is 2.41. The number of ether oxygens (including phenoxy) is 1. The molecule has 3 aromatic carbocycles. The molecule has 2 aliphatic heterocycles. The van der Waals surface area contributed by atoms with Crippen LogP contribution in [0.1, 0.15) is 125 Å². The number of benzene rings is 3. The van der Waals surface area contributed by atoms with E-state index in [1.165, 1.54) is 14.2 Å². The van der Waals surface area contributed by atoms with E-state index in [1.807, 2.05) is 30.3 Å². The van der Waals surface area contributed by atoms with Crippen LogP contribution in [0, 0.1) is 5.92 Å². The van der Waals surface area contributed by atoms with Crippen molar-refractivity contribution in [1.29, 1.82) is 0 Å². The van der Waals surface area contributed by atoms with Crippen LogP contribution < -0.4 is 53.6 Å². The Labute approximate surface area is 513 Å². The molecule has 2 aliphatic rings. The molecule has 88 heavy (non-hydrogen) atoms. The van der Waals surface area contributed by atoms with E-state index in [2.05, 4.69) is 62.8 Å². The lowest BCUT2D eigenvalue weighted by atomic mass is 10.0. The normalized spacial score (nSPS) is 18.9. The van der Waals surface area contributed by atoms with Crippen molar-refractivity contribution in [3.63, 3.8) is 0 Å². The van der Waals surface area contributed by atoms with Crippen molar-refractivity contribution in [3.8, 4) is 0 Å². The molecule has 3 heterocycles. The number of hydrogen-bond donors (Lipinski definition) is 11. The van der Waals surface area contributed by atoms with Gasteiger partial charge in [-0.15, -0.1) is 0 Å². The van der Waals surface area contributed by atoms with Crippen LogP contribution >= 0.6 is 0 Å². The van der Waals surface area contributed by atoms with Gasteiger partial charge in [-0.1, -0.05) is 69.2 Å². The first kappa shape index (κ1) is 68.0. The number of hydrogen-bond acceptors (Lipinski definition) is 14. The summed E-state index contributed by atoms with van der Waals surface area (Å²) in [5, 5.41) is 25.5. The first-order valence-electron chi connectivity index (χ1n) is 30.3. The van der Waals surface area contributed by atoms with E-state index < -0.39 is 78.2 Å². The Morgan fingerprint density at radius 3 is 2.15 bits per heavy atom. The summed E-state index contributed by atoms with van der Waals surface area (Å²) in [7, 11) is 4.49. The molecule has 0 aliphatic carbocycles. The lowest BCUT2D eigenvalue weighted by Gasteiger charge is -2.26. The molecule has 6 rings (SSSR count). The molecular formula is C62H87N15O11. The second kappa shape index (κ2) is 34.9. The Hall–Kier alpha value is -9.10. The topological polar surface area (TPSA) is 362 Å². The van der Waals surface area contributed by atoms with E-state index in [0.29, 0.717) is 75.2 Å². The number of rotatable bonds is 28. The van der Waals surface area contributed by atoms with Crippen LogP contribution in [0.25, 0.3) is 11.0 Å². The monoisotopic (exact) mass is 1220 g/mol. The lowest BCUT2D eigenvalue weighted by molar-refractivity contribution is -0.144. The number of esters is 1. The maximum absolute atomic E-state index is 14.1. The molecule has 1 aromatic heterocycles. The van der Waals surface area contributed by atoms with Crippen molar-refractivity contribution in [2.75, 3.05) is 59.2 Å². The molecule has 12 N–H and O–H groups in total. The number of para-hydroxylation sites is 2. The number of carbonyl (C=O) groups is 10. The molecule has 1 fully saturated rings. The van der Waals surface area contributed by atoms with Gasteiger partial charge in [0.05, 0.1) is 37.7 Å². The maximum atomic E-state index is 14.1. The van der Waals surface area contributed by atoms with Crippen LogP contribution in [0.5, 0.6) is 0 Å². The summed E-state index contributed by atoms with van der Waals surface area (Å²) in [5.74, 6) is -4.27. The highest BCUT2D eigenvalue weighted by atomic mass is 16.5. The minimum absolute atomic E-state index is 0.0774. The Morgan fingerprint density at radius 1 is 0.750 bits per heavy atom. The number of nitrogens with zero attached hydrogens (tertiary/aromatic N) is 4. The van der Waals surface area contributed by atoms with Crippen LogP contribution in [0.15, 0.2) is 77.8 Å². The first-order valence-corrected chi connectivity index (χ1v) is 30.3. The highest BCUT2D eigenvalue weighted by Gasteiger charge is 2.34. The van der Waals surface area contributed by atoms with Gasteiger partial charge in [-0.2, -0.15) is 0 Å². The third-order valence-corrected chi connectivity index (χ3v) is 15.5. The smallest absolute Gasteiger partial charge is 0.308 e. The van der Waals surface area contributed by atoms with Gasteiger partial charge in [-0.05, 0) is 99.2 Å². The summed E-state index contributed by atoms with van der Waals surface area (Å²) in [4.78, 5) is 149. The van der Waals surface area contributed by atoms with Crippen molar-refractivity contribution in [1.82, 2.24) is 62.3 Å². The Kier molecular flexibility index (Phi) is 27.0. The number of aromatic nitrogens is 2. The molecule has 0 spiro atoms. The number of carbonyl (C=O) groups excluding carboxylic acids is 10. The highest BCUT2D eigenvalue weighted by Crippen LogP contribution is 2.27. The van der Waals surface area contributed by atoms with Gasteiger partial charge in [0, 0.05) is 76.8 Å². The molecule has 6 atom stereocenters. The second-order valence-corrected chi connectivity index (χ2v) is 22.3. The van der Waals surface area contributed by atoms with Crippen molar-refractivity contribution in [3.05, 3.63) is 95.3 Å².